The number of anilines is 2. The molecule has 0 radical (unpaired) electrons. The third-order valence-corrected chi connectivity index (χ3v) is 3.11. The summed E-state index contributed by atoms with van der Waals surface area (Å²) in [5.74, 6) is 0.0286. The highest BCUT2D eigenvalue weighted by molar-refractivity contribution is 5.85. The smallest absolute Gasteiger partial charge is 0.268 e. The molecule has 5 N–H and O–H groups in total. The lowest BCUT2D eigenvalue weighted by Gasteiger charge is -2.25. The number of nitrogens with one attached hydrogen (secondary N) is 1. The van der Waals surface area contributed by atoms with Crippen LogP contribution in [0.25, 0.3) is 0 Å². The van der Waals surface area contributed by atoms with Crippen molar-refractivity contribution in [3.05, 3.63) is 12.1 Å². The Morgan fingerprint density at radius 2 is 2.37 bits per heavy atom. The summed E-state index contributed by atoms with van der Waals surface area (Å²) in [4.78, 5) is 17.4. The van der Waals surface area contributed by atoms with E-state index in [1.54, 1.807) is 22.5 Å². The van der Waals surface area contributed by atoms with Crippen molar-refractivity contribution in [2.45, 2.75) is 18.6 Å². The molecule has 2 unspecified atom stereocenters. The second-order valence-corrected chi connectivity index (χ2v) is 4.24. The Hall–Kier alpha value is -2.06. The maximum absolute atomic E-state index is 11.6. The molecule has 1 aromatic rings. The standard InChI is InChI=1S/C11H16N4O4/c1-19-11-6(12)2-3-8(13-11)15-5-4-7(16)9(15)10(17)14-18/h2-3,7,9,16,18H,4-5,12H2,1H3,(H,14,17). The van der Waals surface area contributed by atoms with Crippen LogP contribution in [0, 0.1) is 0 Å². The molecule has 8 nitrogen and oxygen atoms in total. The SMILES string of the molecule is COc1nc(N2CCC(O)C2C(=O)NO)ccc1N. The Kier molecular flexibility index (Phi) is 3.72. The number of pyridine rings is 1. The fraction of sp³-hybridized carbons (Fsp3) is 0.455. The molecule has 0 saturated carbocycles. The Bertz CT molecular complexity index is 482. The molecule has 0 bridgehead atoms. The van der Waals surface area contributed by atoms with Crippen LogP contribution >= 0.6 is 0 Å². The largest absolute Gasteiger partial charge is 0.479 e. The van der Waals surface area contributed by atoms with Crippen molar-refractivity contribution in [2.24, 2.45) is 0 Å². The summed E-state index contributed by atoms with van der Waals surface area (Å²) in [6, 6.07) is 2.36. The number of aliphatic hydroxyl groups is 1. The minimum absolute atomic E-state index is 0.252. The van der Waals surface area contributed by atoms with Crippen LogP contribution < -0.4 is 20.9 Å². The molecule has 0 aromatic carbocycles. The molecule has 104 valence electrons. The van der Waals surface area contributed by atoms with Gasteiger partial charge in [-0.2, -0.15) is 4.98 Å². The van der Waals surface area contributed by atoms with E-state index in [1.807, 2.05) is 0 Å². The van der Waals surface area contributed by atoms with Crippen LogP contribution in [0.3, 0.4) is 0 Å². The molecule has 2 heterocycles. The number of nitrogens with zero attached hydrogens (tertiary/aromatic N) is 2. The van der Waals surface area contributed by atoms with E-state index in [1.165, 1.54) is 7.11 Å². The van der Waals surface area contributed by atoms with Crippen LogP contribution in [0.4, 0.5) is 11.5 Å². The number of nitrogens with two attached hydrogens (primary N) is 1. The maximum Gasteiger partial charge on any atom is 0.268 e. The second-order valence-electron chi connectivity index (χ2n) is 4.24. The Morgan fingerprint density at radius 3 is 3.00 bits per heavy atom. The maximum atomic E-state index is 11.6. The molecule has 0 spiro atoms. The number of amides is 1. The number of hydrogen-bond donors (Lipinski definition) is 4. The predicted molar refractivity (Wildman–Crippen MR) is 66.9 cm³/mol. The summed E-state index contributed by atoms with van der Waals surface area (Å²) in [5.41, 5.74) is 7.61. The molecule has 8 heteroatoms. The molecular weight excluding hydrogens is 252 g/mol. The molecule has 1 amide bonds. The van der Waals surface area contributed by atoms with E-state index < -0.39 is 18.1 Å². The first-order valence-corrected chi connectivity index (χ1v) is 5.77. The monoisotopic (exact) mass is 268 g/mol. The first-order chi connectivity index (χ1) is 9.08. The summed E-state index contributed by atoms with van der Waals surface area (Å²) in [7, 11) is 1.44. The lowest BCUT2D eigenvalue weighted by Crippen LogP contribution is -2.47. The third kappa shape index (κ3) is 2.40. The van der Waals surface area contributed by atoms with Crippen molar-refractivity contribution in [1.29, 1.82) is 0 Å². The Labute approximate surface area is 109 Å². The van der Waals surface area contributed by atoms with Gasteiger partial charge in [-0.05, 0) is 18.6 Å². The second kappa shape index (κ2) is 5.29. The molecule has 1 aliphatic rings. The predicted octanol–water partition coefficient (Wildman–Crippen LogP) is -0.883. The number of hydrogen-bond acceptors (Lipinski definition) is 7. The van der Waals surface area contributed by atoms with Crippen LogP contribution in [-0.2, 0) is 4.79 Å². The number of nitrogen functional groups attached to an aromatic ring is 1. The van der Waals surface area contributed by atoms with E-state index in [2.05, 4.69) is 4.98 Å². The quantitative estimate of drug-likeness (QED) is 0.415. The number of aromatic nitrogens is 1. The van der Waals surface area contributed by atoms with Crippen LogP contribution in [0.2, 0.25) is 0 Å². The Balaban J connectivity index is 2.32. The fourth-order valence-corrected chi connectivity index (χ4v) is 2.18. The van der Waals surface area contributed by atoms with Crippen molar-refractivity contribution in [3.63, 3.8) is 0 Å². The first kappa shape index (κ1) is 13.4. The van der Waals surface area contributed by atoms with Crippen molar-refractivity contribution in [1.82, 2.24) is 10.5 Å². The molecule has 19 heavy (non-hydrogen) atoms. The van der Waals surface area contributed by atoms with Crippen LogP contribution in [0.1, 0.15) is 6.42 Å². The summed E-state index contributed by atoms with van der Waals surface area (Å²) < 4.78 is 5.02. The van der Waals surface area contributed by atoms with Crippen molar-refractivity contribution in [3.8, 4) is 5.88 Å². The average Bonchev–Trinajstić information content (AvgIpc) is 2.80. The Morgan fingerprint density at radius 1 is 1.63 bits per heavy atom. The molecule has 0 aliphatic carbocycles. The molecular formula is C11H16N4O4. The fourth-order valence-electron chi connectivity index (χ4n) is 2.18. The zero-order chi connectivity index (χ0) is 14.0. The zero-order valence-electron chi connectivity index (χ0n) is 10.4. The van der Waals surface area contributed by atoms with E-state index in [4.69, 9.17) is 15.7 Å². The van der Waals surface area contributed by atoms with E-state index >= 15 is 0 Å². The third-order valence-electron chi connectivity index (χ3n) is 3.11. The topological polar surface area (TPSA) is 121 Å². The molecule has 1 aliphatic heterocycles. The van der Waals surface area contributed by atoms with Gasteiger partial charge in [-0.15, -0.1) is 0 Å². The van der Waals surface area contributed by atoms with Gasteiger partial charge >= 0.3 is 0 Å². The summed E-state index contributed by atoms with van der Waals surface area (Å²) in [5, 5.41) is 18.5. The van der Waals surface area contributed by atoms with Gasteiger partial charge in [0.05, 0.1) is 18.9 Å². The van der Waals surface area contributed by atoms with E-state index in [9.17, 15) is 9.90 Å². The van der Waals surface area contributed by atoms with Crippen molar-refractivity contribution < 1.29 is 19.8 Å². The highest BCUT2D eigenvalue weighted by Crippen LogP contribution is 2.28. The number of carbonyl (C=O) groups excluding carboxylic acids is 1. The molecule has 1 aromatic heterocycles. The van der Waals surface area contributed by atoms with Crippen LogP contribution in [-0.4, -0.2) is 47.0 Å². The number of methoxy groups -OCH3 is 1. The normalized spacial score (nSPS) is 22.4. The van der Waals surface area contributed by atoms with Crippen LogP contribution in [0.15, 0.2) is 12.1 Å². The van der Waals surface area contributed by atoms with Crippen molar-refractivity contribution in [2.75, 3.05) is 24.3 Å². The number of carbonyl (C=O) groups is 1. The highest BCUT2D eigenvalue weighted by Gasteiger charge is 2.39. The van der Waals surface area contributed by atoms with Gasteiger partial charge in [-0.1, -0.05) is 0 Å². The molecule has 1 fully saturated rings. The van der Waals surface area contributed by atoms with Gasteiger partial charge in [-0.3, -0.25) is 10.0 Å². The van der Waals surface area contributed by atoms with E-state index in [0.29, 0.717) is 24.5 Å². The number of aliphatic hydroxyl groups excluding tert-OH is 1. The van der Waals surface area contributed by atoms with Crippen LogP contribution in [0.5, 0.6) is 5.88 Å². The van der Waals surface area contributed by atoms with Gasteiger partial charge in [0, 0.05) is 6.54 Å². The molecule has 2 rings (SSSR count). The molecule has 1 saturated heterocycles. The highest BCUT2D eigenvalue weighted by atomic mass is 16.5. The van der Waals surface area contributed by atoms with E-state index in [-0.39, 0.29) is 5.88 Å². The van der Waals surface area contributed by atoms with Gasteiger partial charge in [0.25, 0.3) is 5.91 Å². The first-order valence-electron chi connectivity index (χ1n) is 5.77. The number of rotatable bonds is 3. The lowest BCUT2D eigenvalue weighted by molar-refractivity contribution is -0.132. The lowest BCUT2D eigenvalue weighted by atomic mass is 10.1. The van der Waals surface area contributed by atoms with Crippen molar-refractivity contribution >= 4 is 17.4 Å². The van der Waals surface area contributed by atoms with Gasteiger partial charge in [0.15, 0.2) is 0 Å². The van der Waals surface area contributed by atoms with Gasteiger partial charge in [-0.25, -0.2) is 5.48 Å². The minimum Gasteiger partial charge on any atom is -0.479 e. The summed E-state index contributed by atoms with van der Waals surface area (Å²) in [6.45, 7) is 0.444. The van der Waals surface area contributed by atoms with Gasteiger partial charge < -0.3 is 20.5 Å². The number of ether oxygens (including phenoxy) is 1. The summed E-state index contributed by atoms with van der Waals surface area (Å²) >= 11 is 0. The van der Waals surface area contributed by atoms with Gasteiger partial charge in [0.2, 0.25) is 5.88 Å². The zero-order valence-corrected chi connectivity index (χ0v) is 10.4. The average molecular weight is 268 g/mol. The number of hydroxylamine groups is 1. The van der Waals surface area contributed by atoms with Gasteiger partial charge in [0.1, 0.15) is 11.9 Å². The summed E-state index contributed by atoms with van der Waals surface area (Å²) in [6.07, 6.45) is -0.454. The van der Waals surface area contributed by atoms with E-state index in [0.717, 1.165) is 0 Å². The molecule has 2 atom stereocenters. The minimum atomic E-state index is -0.883.